The quantitative estimate of drug-likeness (QED) is 0.359. The van der Waals surface area contributed by atoms with Gasteiger partial charge >= 0.3 is 6.18 Å². The van der Waals surface area contributed by atoms with Crippen molar-refractivity contribution in [1.29, 1.82) is 0 Å². The number of imidazole rings is 1. The van der Waals surface area contributed by atoms with Gasteiger partial charge in [-0.05, 0) is 44.1 Å². The van der Waals surface area contributed by atoms with Crippen LogP contribution in [0.5, 0.6) is 0 Å². The summed E-state index contributed by atoms with van der Waals surface area (Å²) in [4.78, 5) is 46.6. The van der Waals surface area contributed by atoms with Crippen molar-refractivity contribution in [3.63, 3.8) is 0 Å². The highest BCUT2D eigenvalue weighted by molar-refractivity contribution is 6.34. The third-order valence-corrected chi connectivity index (χ3v) is 8.17. The van der Waals surface area contributed by atoms with Gasteiger partial charge in [0.2, 0.25) is 5.91 Å². The molecule has 232 valence electrons. The molecule has 2 fully saturated rings. The zero-order valence-electron chi connectivity index (χ0n) is 23.8. The van der Waals surface area contributed by atoms with E-state index in [1.165, 1.54) is 29.8 Å². The van der Waals surface area contributed by atoms with Crippen LogP contribution in [-0.4, -0.2) is 86.5 Å². The van der Waals surface area contributed by atoms with Gasteiger partial charge in [0.05, 0.1) is 40.2 Å². The van der Waals surface area contributed by atoms with Gasteiger partial charge in [0.1, 0.15) is 0 Å². The number of terminal acetylenes is 1. The Morgan fingerprint density at radius 1 is 1.14 bits per heavy atom. The third kappa shape index (κ3) is 6.29. The summed E-state index contributed by atoms with van der Waals surface area (Å²) >= 11 is 6.44. The van der Waals surface area contributed by atoms with Gasteiger partial charge in [-0.1, -0.05) is 11.6 Å². The van der Waals surface area contributed by atoms with Gasteiger partial charge in [0.25, 0.3) is 11.8 Å². The summed E-state index contributed by atoms with van der Waals surface area (Å²) < 4.78 is 42.1. The van der Waals surface area contributed by atoms with Crippen molar-refractivity contribution in [3.8, 4) is 23.6 Å². The SMILES string of the molecule is C#CCc1[nH]nc(C(F)(F)F)c1-c1cnc(C(=O)Nc2ccc(C(=O)N3CCN(C(=O)C4CCNCC4)CC3)c(Cl)c2)n1C. The highest BCUT2D eigenvalue weighted by Gasteiger charge is 2.39. The van der Waals surface area contributed by atoms with E-state index in [0.29, 0.717) is 26.2 Å². The summed E-state index contributed by atoms with van der Waals surface area (Å²) in [6, 6.07) is 4.40. The number of benzene rings is 1. The lowest BCUT2D eigenvalue weighted by molar-refractivity contribution is -0.140. The number of hydrogen-bond acceptors (Lipinski definition) is 6. The summed E-state index contributed by atoms with van der Waals surface area (Å²) in [5.74, 6) is 1.27. The Morgan fingerprint density at radius 2 is 1.82 bits per heavy atom. The number of carbonyl (C=O) groups is 3. The molecule has 0 spiro atoms. The molecular formula is C29H30ClF3N8O3. The van der Waals surface area contributed by atoms with Gasteiger partial charge in [-0.25, -0.2) is 4.98 Å². The van der Waals surface area contributed by atoms with Gasteiger partial charge in [0, 0.05) is 44.8 Å². The molecule has 3 N–H and O–H groups in total. The Kier molecular flexibility index (Phi) is 8.98. The minimum Gasteiger partial charge on any atom is -0.339 e. The van der Waals surface area contributed by atoms with Crippen LogP contribution in [0, 0.1) is 18.3 Å². The lowest BCUT2D eigenvalue weighted by Crippen LogP contribution is -2.52. The van der Waals surface area contributed by atoms with Crippen LogP contribution in [0.4, 0.5) is 18.9 Å². The Bertz CT molecular complexity index is 1610. The van der Waals surface area contributed by atoms with Crippen molar-refractivity contribution in [2.75, 3.05) is 44.6 Å². The molecule has 0 saturated carbocycles. The van der Waals surface area contributed by atoms with E-state index < -0.39 is 17.8 Å². The maximum atomic E-state index is 13.6. The monoisotopic (exact) mass is 630 g/mol. The molecule has 4 heterocycles. The fraction of sp³-hybridized carbons (Fsp3) is 0.414. The molecular weight excluding hydrogens is 601 g/mol. The van der Waals surface area contributed by atoms with Crippen molar-refractivity contribution >= 4 is 35.0 Å². The van der Waals surface area contributed by atoms with Crippen LogP contribution in [0.25, 0.3) is 11.3 Å². The van der Waals surface area contributed by atoms with E-state index in [1.807, 2.05) is 4.90 Å². The fourth-order valence-corrected chi connectivity index (χ4v) is 5.78. The number of rotatable bonds is 6. The Balaban J connectivity index is 1.25. The van der Waals surface area contributed by atoms with Crippen LogP contribution in [0.1, 0.15) is 45.2 Å². The topological polar surface area (TPSA) is 128 Å². The lowest BCUT2D eigenvalue weighted by atomic mass is 9.96. The molecule has 2 saturated heterocycles. The average molecular weight is 631 g/mol. The highest BCUT2D eigenvalue weighted by Crippen LogP contribution is 2.38. The Hall–Kier alpha value is -4.35. The molecule has 0 atom stereocenters. The number of piperidine rings is 1. The number of aromatic amines is 1. The first-order valence-corrected chi connectivity index (χ1v) is 14.4. The first-order valence-electron chi connectivity index (χ1n) is 14.0. The summed E-state index contributed by atoms with van der Waals surface area (Å²) in [5, 5.41) is 11.7. The molecule has 0 aliphatic carbocycles. The van der Waals surface area contributed by atoms with E-state index in [0.717, 1.165) is 32.1 Å². The minimum absolute atomic E-state index is 0.00185. The number of anilines is 1. The number of nitrogens with one attached hydrogen (secondary N) is 3. The van der Waals surface area contributed by atoms with Gasteiger partial charge in [-0.2, -0.15) is 18.3 Å². The summed E-state index contributed by atoms with van der Waals surface area (Å²) in [6.07, 6.45) is 3.18. The number of aromatic nitrogens is 4. The maximum Gasteiger partial charge on any atom is 0.435 e. The molecule has 2 aromatic heterocycles. The number of nitrogens with zero attached hydrogens (tertiary/aromatic N) is 5. The van der Waals surface area contributed by atoms with E-state index in [4.69, 9.17) is 18.0 Å². The summed E-state index contributed by atoms with van der Waals surface area (Å²) in [5.41, 5.74) is -0.894. The van der Waals surface area contributed by atoms with Crippen LogP contribution < -0.4 is 10.6 Å². The largest absolute Gasteiger partial charge is 0.435 e. The molecule has 2 aliphatic heterocycles. The molecule has 1 aromatic carbocycles. The molecule has 2 aliphatic rings. The second-order valence-electron chi connectivity index (χ2n) is 10.6. The third-order valence-electron chi connectivity index (χ3n) is 7.86. The van der Waals surface area contributed by atoms with Crippen molar-refractivity contribution in [2.45, 2.75) is 25.4 Å². The van der Waals surface area contributed by atoms with Crippen LogP contribution in [-0.2, 0) is 24.4 Å². The number of piperazine rings is 1. The number of amides is 3. The predicted octanol–water partition coefficient (Wildman–Crippen LogP) is 3.19. The van der Waals surface area contributed by atoms with E-state index in [-0.39, 0.29) is 63.2 Å². The summed E-state index contributed by atoms with van der Waals surface area (Å²) in [6.45, 7) is 3.30. The number of alkyl halides is 3. The van der Waals surface area contributed by atoms with Gasteiger partial charge < -0.3 is 25.0 Å². The zero-order chi connectivity index (χ0) is 31.6. The molecule has 5 rings (SSSR count). The standard InChI is InChI=1S/C29H30ClF3N8O3/c1-3-4-21-23(24(38-37-21)29(31,32)33)22-16-35-25(39(22)2)26(42)36-18-5-6-19(20(30)15-18)28(44)41-13-11-40(12-14-41)27(43)17-7-9-34-10-8-17/h1,5-6,15-17,34H,4,7-14H2,2H3,(H,36,42)(H,37,38). The smallest absolute Gasteiger partial charge is 0.339 e. The molecule has 3 aromatic rings. The Labute approximate surface area is 256 Å². The molecule has 0 radical (unpaired) electrons. The second kappa shape index (κ2) is 12.7. The van der Waals surface area contributed by atoms with Crippen LogP contribution in [0.3, 0.4) is 0 Å². The Morgan fingerprint density at radius 3 is 2.45 bits per heavy atom. The van der Waals surface area contributed by atoms with Crippen molar-refractivity contribution in [2.24, 2.45) is 13.0 Å². The van der Waals surface area contributed by atoms with Crippen LogP contribution >= 0.6 is 11.6 Å². The highest BCUT2D eigenvalue weighted by atomic mass is 35.5. The molecule has 15 heteroatoms. The number of hydrogen-bond donors (Lipinski definition) is 3. The number of halogens is 4. The maximum absolute atomic E-state index is 13.6. The van der Waals surface area contributed by atoms with Crippen molar-refractivity contribution < 1.29 is 27.6 Å². The first-order chi connectivity index (χ1) is 21.0. The normalized spacial score (nSPS) is 16.1. The molecule has 3 amide bonds. The molecule has 11 nitrogen and oxygen atoms in total. The number of H-pyrrole nitrogens is 1. The first kappa shape index (κ1) is 31.1. The minimum atomic E-state index is -4.76. The number of carbonyl (C=O) groups excluding carboxylic acids is 3. The molecule has 44 heavy (non-hydrogen) atoms. The molecule has 0 bridgehead atoms. The fourth-order valence-electron chi connectivity index (χ4n) is 5.52. The van der Waals surface area contributed by atoms with Gasteiger partial charge in [0.15, 0.2) is 11.5 Å². The summed E-state index contributed by atoms with van der Waals surface area (Å²) in [7, 11) is 1.40. The second-order valence-corrected chi connectivity index (χ2v) is 11.0. The van der Waals surface area contributed by atoms with Crippen LogP contribution in [0.15, 0.2) is 24.4 Å². The zero-order valence-corrected chi connectivity index (χ0v) is 24.6. The van der Waals surface area contributed by atoms with Gasteiger partial charge in [-0.3, -0.25) is 19.5 Å². The van der Waals surface area contributed by atoms with Crippen molar-refractivity contribution in [1.82, 2.24) is 34.9 Å². The van der Waals surface area contributed by atoms with E-state index in [1.54, 1.807) is 4.90 Å². The average Bonchev–Trinajstić information content (AvgIpc) is 3.60. The van der Waals surface area contributed by atoms with Crippen molar-refractivity contribution in [3.05, 3.63) is 52.2 Å². The van der Waals surface area contributed by atoms with E-state index in [9.17, 15) is 27.6 Å². The lowest BCUT2D eigenvalue weighted by Gasteiger charge is -2.37. The van der Waals surface area contributed by atoms with E-state index in [2.05, 4.69) is 31.7 Å². The molecule has 0 unspecified atom stereocenters. The van der Waals surface area contributed by atoms with E-state index >= 15 is 0 Å². The van der Waals surface area contributed by atoms with Crippen LogP contribution in [0.2, 0.25) is 5.02 Å². The predicted molar refractivity (Wildman–Crippen MR) is 156 cm³/mol. The van der Waals surface area contributed by atoms with Gasteiger partial charge in [-0.15, -0.1) is 12.3 Å².